The molecular weight excluding hydrogens is 993 g/mol. The van der Waals surface area contributed by atoms with E-state index in [4.69, 9.17) is 4.42 Å². The maximum atomic E-state index is 14.0. The molecule has 11 aromatic heterocycles. The Morgan fingerprint density at radius 1 is 0.354 bits per heavy atom. The second kappa shape index (κ2) is 15.1. The Morgan fingerprint density at radius 2 is 0.769 bits per heavy atom. The summed E-state index contributed by atoms with van der Waals surface area (Å²) in [6.07, 6.45) is 0. The van der Waals surface area contributed by atoms with Crippen molar-refractivity contribution in [1.29, 1.82) is 0 Å². The van der Waals surface area contributed by atoms with E-state index in [0.717, 1.165) is 29.8 Å². The van der Waals surface area contributed by atoms with Gasteiger partial charge in [0.2, 0.25) is 5.78 Å². The van der Waals surface area contributed by atoms with Crippen molar-refractivity contribution in [2.75, 3.05) is 0 Å². The Labute approximate surface area is 413 Å². The van der Waals surface area contributed by atoms with Gasteiger partial charge in [-0.3, -0.25) is 9.59 Å². The van der Waals surface area contributed by atoms with Gasteiger partial charge in [0.15, 0.2) is 17.1 Å². The van der Waals surface area contributed by atoms with Crippen molar-refractivity contribution in [3.63, 3.8) is 0 Å². The number of carbonyl (C=O) groups excluding carboxylic acids is 2. The van der Waals surface area contributed by atoms with E-state index in [-0.39, 0.29) is 17.3 Å². The number of aryl methyl sites for hydroxylation is 6. The van der Waals surface area contributed by atoms with Crippen molar-refractivity contribution >= 4 is 156 Å². The van der Waals surface area contributed by atoms with Crippen LogP contribution in [-0.4, -0.2) is 11.6 Å². The summed E-state index contributed by atoms with van der Waals surface area (Å²) in [5.74, 6) is -0.0951. The molecule has 0 spiro atoms. The molecule has 11 heterocycles. The highest BCUT2D eigenvalue weighted by molar-refractivity contribution is 7.31. The third kappa shape index (κ3) is 6.27. The topological polar surface area (TPSA) is 47.3 Å². The van der Waals surface area contributed by atoms with Gasteiger partial charge in [0.1, 0.15) is 0 Å². The van der Waals surface area contributed by atoms with Gasteiger partial charge in [0.05, 0.1) is 16.0 Å². The lowest BCUT2D eigenvalue weighted by molar-refractivity contribution is 0.0962. The van der Waals surface area contributed by atoms with E-state index in [9.17, 15) is 9.59 Å². The molecule has 13 rings (SSSR count). The molecule has 0 unspecified atom stereocenters. The van der Waals surface area contributed by atoms with E-state index < -0.39 is 0 Å². The Balaban J connectivity index is 0.912. The first-order valence-electron chi connectivity index (χ1n) is 20.8. The lowest BCUT2D eigenvalue weighted by atomic mass is 9.87. The zero-order chi connectivity index (χ0) is 44.2. The number of furan rings is 1. The molecular formula is C52H32O3S10. The minimum absolute atomic E-state index is 0.0985. The monoisotopic (exact) mass is 1020 g/mol. The molecule has 1 aliphatic rings. The number of hydrogen-bond acceptors (Lipinski definition) is 13. The van der Waals surface area contributed by atoms with Gasteiger partial charge in [-0.15, -0.1) is 113 Å². The number of benzene rings is 1. The molecule has 1 aliphatic carbocycles. The van der Waals surface area contributed by atoms with Crippen LogP contribution in [-0.2, 0) is 0 Å². The van der Waals surface area contributed by atoms with Gasteiger partial charge in [0.25, 0.3) is 0 Å². The highest BCUT2D eigenvalue weighted by Crippen LogP contribution is 2.56. The highest BCUT2D eigenvalue weighted by atomic mass is 32.1. The molecule has 1 aromatic carbocycles. The van der Waals surface area contributed by atoms with Crippen molar-refractivity contribution in [3.8, 4) is 69.7 Å². The van der Waals surface area contributed by atoms with Crippen LogP contribution in [0.5, 0.6) is 0 Å². The summed E-state index contributed by atoms with van der Waals surface area (Å²) in [5, 5.41) is 3.43. The second-order valence-corrected chi connectivity index (χ2v) is 28.2. The summed E-state index contributed by atoms with van der Waals surface area (Å²) in [4.78, 5) is 49.3. The number of ketones is 2. The SMILES string of the molecule is Cc1ccc(-c2ccc(-c3cc4c(-c5ccc(C)s5)c5sc(-c6ccc(-c7ccc(-c8sc(C)c9c%10c(oc89)C(=O)c8c(C)sc(C)c8C%10=O)s7)s6)cc5c(-c5ccc(C)s5)c4s3)s2)s1. The van der Waals surface area contributed by atoms with Crippen molar-refractivity contribution in [1.82, 2.24) is 0 Å². The summed E-state index contributed by atoms with van der Waals surface area (Å²) < 4.78 is 9.11. The fraction of sp³-hybridized carbons (Fsp3) is 0.115. The molecule has 0 N–H and O–H groups in total. The summed E-state index contributed by atoms with van der Waals surface area (Å²) in [6, 6.07) is 32.0. The average molecular weight is 1030 g/mol. The summed E-state index contributed by atoms with van der Waals surface area (Å²) in [7, 11) is 0. The molecule has 318 valence electrons. The Hall–Kier alpha value is -4.38. The Bertz CT molecular complexity index is 3870. The largest absolute Gasteiger partial charge is 0.450 e. The number of carbonyl (C=O) groups is 2. The third-order valence-corrected chi connectivity index (χ3v) is 23.7. The molecule has 0 saturated carbocycles. The molecule has 0 bridgehead atoms. The molecule has 0 radical (unpaired) electrons. The number of fused-ring (bicyclic) bond motifs is 6. The van der Waals surface area contributed by atoms with Crippen LogP contribution in [0, 0.1) is 41.5 Å². The van der Waals surface area contributed by atoms with Crippen LogP contribution in [0.15, 0.2) is 89.3 Å². The van der Waals surface area contributed by atoms with E-state index in [2.05, 4.69) is 106 Å². The highest BCUT2D eigenvalue weighted by Gasteiger charge is 2.40. The molecule has 65 heavy (non-hydrogen) atoms. The molecule has 0 fully saturated rings. The smallest absolute Gasteiger partial charge is 0.230 e. The second-order valence-electron chi connectivity index (χ2n) is 16.3. The van der Waals surface area contributed by atoms with Gasteiger partial charge in [-0.2, -0.15) is 0 Å². The lowest BCUT2D eigenvalue weighted by Gasteiger charge is -2.11. The van der Waals surface area contributed by atoms with Gasteiger partial charge in [-0.1, -0.05) is 0 Å². The zero-order valence-electron chi connectivity index (χ0n) is 35.4. The van der Waals surface area contributed by atoms with Gasteiger partial charge in [-0.05, 0) is 126 Å². The van der Waals surface area contributed by atoms with Gasteiger partial charge >= 0.3 is 0 Å². The first kappa shape index (κ1) is 40.9. The van der Waals surface area contributed by atoms with E-state index in [1.807, 2.05) is 100 Å². The van der Waals surface area contributed by atoms with Crippen molar-refractivity contribution in [3.05, 3.63) is 137 Å². The van der Waals surface area contributed by atoms with Crippen LogP contribution >= 0.6 is 113 Å². The number of rotatable bonds is 7. The van der Waals surface area contributed by atoms with Gasteiger partial charge in [0, 0.05) is 125 Å². The van der Waals surface area contributed by atoms with Crippen LogP contribution in [0.3, 0.4) is 0 Å². The normalized spacial score (nSPS) is 12.8. The standard InChI is InChI=1S/C52H32O3S10/c1-21-7-10-29(56-21)30-13-15-33(61-30)38-19-27-43(35-11-8-22(2)57-35)51-28(44(50(27)64-38)36-12-9-23(3)58-36)20-39(65-51)34-16-14-31(62-34)32-17-18-37(63-32)52-49-42(26(6)60-52)45-46(53)40-24(4)59-25(5)41(40)47(54)48(45)55-49/h7-20H,1-6H3. The minimum Gasteiger partial charge on any atom is -0.450 e. The molecule has 3 nitrogen and oxygen atoms in total. The predicted molar refractivity (Wildman–Crippen MR) is 290 cm³/mol. The van der Waals surface area contributed by atoms with Gasteiger partial charge in [-0.25, -0.2) is 0 Å². The zero-order valence-corrected chi connectivity index (χ0v) is 43.6. The lowest BCUT2D eigenvalue weighted by Crippen LogP contribution is -2.19. The van der Waals surface area contributed by atoms with Crippen molar-refractivity contribution < 1.29 is 14.0 Å². The van der Waals surface area contributed by atoms with Crippen molar-refractivity contribution in [2.45, 2.75) is 41.5 Å². The summed E-state index contributed by atoms with van der Waals surface area (Å²) in [6.45, 7) is 12.5. The predicted octanol–water partition coefficient (Wildman–Crippen LogP) is 19.6. The van der Waals surface area contributed by atoms with Crippen LogP contribution < -0.4 is 0 Å². The molecule has 0 saturated heterocycles. The first-order chi connectivity index (χ1) is 31.5. The molecule has 0 atom stereocenters. The fourth-order valence-corrected chi connectivity index (χ4v) is 20.1. The number of thiophene rings is 10. The number of hydrogen-bond donors (Lipinski definition) is 0. The Kier molecular flexibility index (Phi) is 9.47. The molecule has 0 aliphatic heterocycles. The summed E-state index contributed by atoms with van der Waals surface area (Å²) in [5.41, 5.74) is 4.81. The van der Waals surface area contributed by atoms with Gasteiger partial charge < -0.3 is 4.42 Å². The first-order valence-corrected chi connectivity index (χ1v) is 28.9. The van der Waals surface area contributed by atoms with E-state index >= 15 is 0 Å². The van der Waals surface area contributed by atoms with Crippen LogP contribution in [0.2, 0.25) is 0 Å². The van der Waals surface area contributed by atoms with Crippen LogP contribution in [0.4, 0.5) is 0 Å². The summed E-state index contributed by atoms with van der Waals surface area (Å²) >= 11 is 18.1. The maximum absolute atomic E-state index is 14.0. The maximum Gasteiger partial charge on any atom is 0.230 e. The average Bonchev–Trinajstić information content (AvgIpc) is 4.11. The fourth-order valence-electron chi connectivity index (χ4n) is 9.19. The van der Waals surface area contributed by atoms with E-state index in [1.165, 1.54) is 106 Å². The molecule has 0 amide bonds. The van der Waals surface area contributed by atoms with Crippen molar-refractivity contribution in [2.24, 2.45) is 0 Å². The molecule has 12 aromatic rings. The van der Waals surface area contributed by atoms with Crippen LogP contribution in [0.1, 0.15) is 61.3 Å². The van der Waals surface area contributed by atoms with Crippen LogP contribution in [0.25, 0.3) is 101 Å². The third-order valence-electron chi connectivity index (χ3n) is 12.1. The molecule has 13 heteroatoms. The van der Waals surface area contributed by atoms with E-state index in [0.29, 0.717) is 22.3 Å². The minimum atomic E-state index is -0.181. The quantitative estimate of drug-likeness (QED) is 0.160. The van der Waals surface area contributed by atoms with E-state index in [1.54, 1.807) is 22.7 Å². The Morgan fingerprint density at radius 3 is 1.26 bits per heavy atom.